The molecule has 0 aliphatic heterocycles. The Morgan fingerprint density at radius 1 is 1.33 bits per heavy atom. The van der Waals surface area contributed by atoms with Gasteiger partial charge in [-0.2, -0.15) is 0 Å². The van der Waals surface area contributed by atoms with Gasteiger partial charge in [-0.3, -0.25) is 0 Å². The van der Waals surface area contributed by atoms with Gasteiger partial charge in [-0.25, -0.2) is 8.78 Å². The predicted molar refractivity (Wildman–Crippen MR) is 73.8 cm³/mol. The van der Waals surface area contributed by atoms with Gasteiger partial charge in [-0.1, -0.05) is 31.9 Å². The number of hydrogen-bond donors (Lipinski definition) is 0. The highest BCUT2D eigenvalue weighted by atomic mass is 79.9. The third-order valence-corrected chi connectivity index (χ3v) is 3.73. The van der Waals surface area contributed by atoms with Gasteiger partial charge in [0.1, 0.15) is 12.4 Å². The zero-order valence-electron chi connectivity index (χ0n) is 9.84. The van der Waals surface area contributed by atoms with Gasteiger partial charge in [0.2, 0.25) is 0 Å². The van der Waals surface area contributed by atoms with Gasteiger partial charge in [0.05, 0.1) is 7.11 Å². The highest BCUT2D eigenvalue weighted by Gasteiger charge is 2.14. The lowest BCUT2D eigenvalue weighted by atomic mass is 10.1. The van der Waals surface area contributed by atoms with E-state index in [1.807, 2.05) is 18.2 Å². The number of hydrogen-bond acceptors (Lipinski definition) is 2. The zero-order valence-corrected chi connectivity index (χ0v) is 13.0. The molecule has 0 amide bonds. The summed E-state index contributed by atoms with van der Waals surface area (Å²) in [6.07, 6.45) is -1.82. The van der Waals surface area contributed by atoms with Crippen LogP contribution in [0.3, 0.4) is 0 Å². The van der Waals surface area contributed by atoms with Crippen LogP contribution in [-0.4, -0.2) is 26.7 Å². The molecule has 1 atom stereocenters. The van der Waals surface area contributed by atoms with Crippen LogP contribution in [-0.2, 0) is 4.74 Å². The van der Waals surface area contributed by atoms with E-state index in [4.69, 9.17) is 9.47 Å². The van der Waals surface area contributed by atoms with Gasteiger partial charge >= 0.3 is 0 Å². The number of alkyl halides is 3. The quantitative estimate of drug-likeness (QED) is 0.504. The second-order valence-electron chi connectivity index (χ2n) is 3.61. The average Bonchev–Trinajstić information content (AvgIpc) is 2.34. The first-order valence-corrected chi connectivity index (χ1v) is 7.09. The Morgan fingerprint density at radius 2 is 2.06 bits per heavy atom. The van der Waals surface area contributed by atoms with Crippen LogP contribution in [0.5, 0.6) is 5.75 Å². The smallest absolute Gasteiger partial charge is 0.261 e. The molecule has 0 saturated carbocycles. The molecule has 0 N–H and O–H groups in total. The van der Waals surface area contributed by atoms with E-state index in [0.717, 1.165) is 15.8 Å². The Labute approximate surface area is 122 Å². The van der Waals surface area contributed by atoms with Crippen molar-refractivity contribution in [2.45, 2.75) is 17.7 Å². The summed E-state index contributed by atoms with van der Waals surface area (Å²) in [5.41, 5.74) is 0.965. The Hall–Kier alpha value is -0.200. The molecule has 6 heteroatoms. The van der Waals surface area contributed by atoms with Crippen molar-refractivity contribution in [1.29, 1.82) is 0 Å². The summed E-state index contributed by atoms with van der Waals surface area (Å²) in [6, 6.07) is 5.68. The third-order valence-electron chi connectivity index (χ3n) is 2.29. The van der Waals surface area contributed by atoms with Gasteiger partial charge in [0.15, 0.2) is 0 Å². The fraction of sp³-hybridized carbons (Fsp3) is 0.500. The van der Waals surface area contributed by atoms with Crippen LogP contribution in [0, 0.1) is 0 Å². The van der Waals surface area contributed by atoms with E-state index in [2.05, 4.69) is 31.9 Å². The zero-order chi connectivity index (χ0) is 13.5. The highest BCUT2D eigenvalue weighted by Crippen LogP contribution is 2.35. The van der Waals surface area contributed by atoms with Crippen molar-refractivity contribution in [3.8, 4) is 5.75 Å². The molecule has 1 rings (SSSR count). The van der Waals surface area contributed by atoms with Crippen molar-refractivity contribution in [3.63, 3.8) is 0 Å². The SMILES string of the molecule is COc1ccc(Br)cc1C(Br)CCOCC(F)F. The van der Waals surface area contributed by atoms with Gasteiger partial charge in [0, 0.05) is 21.5 Å². The normalized spacial score (nSPS) is 12.8. The van der Waals surface area contributed by atoms with Crippen molar-refractivity contribution in [3.05, 3.63) is 28.2 Å². The van der Waals surface area contributed by atoms with Crippen molar-refractivity contribution >= 4 is 31.9 Å². The monoisotopic (exact) mass is 386 g/mol. The van der Waals surface area contributed by atoms with E-state index < -0.39 is 13.0 Å². The highest BCUT2D eigenvalue weighted by molar-refractivity contribution is 9.10. The Morgan fingerprint density at radius 3 is 2.67 bits per heavy atom. The molecule has 0 bridgehead atoms. The Bertz CT molecular complexity index is 375. The van der Waals surface area contributed by atoms with Crippen molar-refractivity contribution < 1.29 is 18.3 Å². The van der Waals surface area contributed by atoms with E-state index in [1.165, 1.54) is 0 Å². The fourth-order valence-electron chi connectivity index (χ4n) is 1.46. The average molecular weight is 388 g/mol. The molecule has 0 radical (unpaired) electrons. The first-order chi connectivity index (χ1) is 8.54. The van der Waals surface area contributed by atoms with Crippen LogP contribution in [0.25, 0.3) is 0 Å². The summed E-state index contributed by atoms with van der Waals surface area (Å²) >= 11 is 6.90. The van der Waals surface area contributed by atoms with Crippen LogP contribution in [0.1, 0.15) is 16.8 Å². The predicted octanol–water partition coefficient (Wildman–Crippen LogP) is 4.57. The second-order valence-corrected chi connectivity index (χ2v) is 5.63. The summed E-state index contributed by atoms with van der Waals surface area (Å²) in [7, 11) is 1.60. The molecular formula is C12H14Br2F2O2. The topological polar surface area (TPSA) is 18.5 Å². The Balaban J connectivity index is 2.55. The van der Waals surface area contributed by atoms with Crippen LogP contribution < -0.4 is 4.74 Å². The maximum atomic E-state index is 11.9. The van der Waals surface area contributed by atoms with E-state index >= 15 is 0 Å². The third kappa shape index (κ3) is 5.20. The molecule has 0 heterocycles. The number of methoxy groups -OCH3 is 1. The van der Waals surface area contributed by atoms with Crippen LogP contribution in [0.4, 0.5) is 8.78 Å². The molecule has 0 aliphatic rings. The summed E-state index contributed by atoms with van der Waals surface area (Å²) < 4.78 is 34.8. The van der Waals surface area contributed by atoms with Crippen molar-refractivity contribution in [2.75, 3.05) is 20.3 Å². The fourth-order valence-corrected chi connectivity index (χ4v) is 2.39. The van der Waals surface area contributed by atoms with Crippen LogP contribution >= 0.6 is 31.9 Å². The molecule has 0 saturated heterocycles. The number of halogens is 4. The van der Waals surface area contributed by atoms with E-state index in [1.54, 1.807) is 7.11 Å². The first kappa shape index (κ1) is 15.9. The van der Waals surface area contributed by atoms with E-state index in [-0.39, 0.29) is 11.4 Å². The summed E-state index contributed by atoms with van der Waals surface area (Å²) in [4.78, 5) is 0.00243. The molecule has 1 aromatic carbocycles. The molecule has 18 heavy (non-hydrogen) atoms. The van der Waals surface area contributed by atoms with Gasteiger partial charge in [-0.05, 0) is 24.6 Å². The minimum absolute atomic E-state index is 0.00243. The van der Waals surface area contributed by atoms with Crippen LogP contribution in [0.2, 0.25) is 0 Å². The largest absolute Gasteiger partial charge is 0.496 e. The van der Waals surface area contributed by atoms with Crippen molar-refractivity contribution in [2.24, 2.45) is 0 Å². The van der Waals surface area contributed by atoms with Crippen molar-refractivity contribution in [1.82, 2.24) is 0 Å². The molecule has 2 nitrogen and oxygen atoms in total. The number of benzene rings is 1. The number of rotatable bonds is 7. The summed E-state index contributed by atoms with van der Waals surface area (Å²) in [6.45, 7) is -0.245. The lowest BCUT2D eigenvalue weighted by molar-refractivity contribution is 0.0167. The molecule has 0 aliphatic carbocycles. The minimum atomic E-state index is -2.42. The molecule has 1 unspecified atom stereocenters. The molecule has 1 aromatic rings. The molecule has 0 aromatic heterocycles. The van der Waals surface area contributed by atoms with Gasteiger partial charge in [0.25, 0.3) is 6.43 Å². The molecule has 0 spiro atoms. The van der Waals surface area contributed by atoms with E-state index in [9.17, 15) is 8.78 Å². The summed E-state index contributed by atoms with van der Waals surface area (Å²) in [5, 5.41) is 0. The standard InChI is InChI=1S/C12H14Br2F2O2/c1-17-11-3-2-8(13)6-9(11)10(14)4-5-18-7-12(15)16/h2-3,6,10,12H,4-5,7H2,1H3. The van der Waals surface area contributed by atoms with E-state index in [0.29, 0.717) is 6.42 Å². The lowest BCUT2D eigenvalue weighted by Gasteiger charge is -2.14. The minimum Gasteiger partial charge on any atom is -0.496 e. The number of ether oxygens (including phenoxy) is 2. The Kier molecular flexibility index (Phi) is 7.11. The molecule has 102 valence electrons. The lowest BCUT2D eigenvalue weighted by Crippen LogP contribution is -2.07. The second kappa shape index (κ2) is 8.07. The maximum absolute atomic E-state index is 11.9. The molecular weight excluding hydrogens is 374 g/mol. The summed E-state index contributed by atoms with van der Waals surface area (Å²) in [5.74, 6) is 0.758. The van der Waals surface area contributed by atoms with Gasteiger partial charge < -0.3 is 9.47 Å². The first-order valence-electron chi connectivity index (χ1n) is 5.38. The van der Waals surface area contributed by atoms with Crippen LogP contribution in [0.15, 0.2) is 22.7 Å². The van der Waals surface area contributed by atoms with Gasteiger partial charge in [-0.15, -0.1) is 0 Å². The molecule has 0 fully saturated rings. The maximum Gasteiger partial charge on any atom is 0.261 e.